The molecule has 0 aliphatic heterocycles. The molecule has 0 radical (unpaired) electrons. The summed E-state index contributed by atoms with van der Waals surface area (Å²) in [7, 11) is -4.72. The molecule has 1 amide bonds. The SMILES string of the molecule is CC(C)(C)OC(=O)NC1CCC(Nc2nccc(-c3cccnc3Oc3ccc(N)c(F)c3)n2)CC1.NC1CCC(Nc2nccc(-c3cccnc3Cc3ccc(CS(=O)(=O)CC(F)(F)F)c(F)c3)n2)CC1.O=S(=O)(Cl)CC(F)(F)F. The quantitative estimate of drug-likeness (QED) is 0.0363. The second kappa shape index (κ2) is 27.8. The van der Waals surface area contributed by atoms with Crippen molar-refractivity contribution in [3.63, 3.8) is 0 Å². The number of sulfone groups is 1. The summed E-state index contributed by atoms with van der Waals surface area (Å²) in [6.45, 7) is 5.54. The smallest absolute Gasteiger partial charge is 0.407 e. The average Bonchev–Trinajstić information content (AvgIpc) is 3.59. The molecule has 0 atom stereocenters. The van der Waals surface area contributed by atoms with E-state index in [9.17, 15) is 56.8 Å². The molecule has 2 aliphatic carbocycles. The van der Waals surface area contributed by atoms with Gasteiger partial charge < -0.3 is 36.9 Å². The zero-order chi connectivity index (χ0) is 60.0. The highest BCUT2D eigenvalue weighted by Crippen LogP contribution is 2.33. The molecule has 7 N–H and O–H groups in total. The van der Waals surface area contributed by atoms with Gasteiger partial charge in [0.05, 0.1) is 34.1 Å². The number of halogens is 9. The number of carbonyl (C=O) groups excluding carboxylic acids is 1. The van der Waals surface area contributed by atoms with E-state index in [1.54, 1.807) is 55.1 Å². The highest BCUT2D eigenvalue weighted by molar-refractivity contribution is 8.13. The normalized spacial score (nSPS) is 17.7. The maximum Gasteiger partial charge on any atom is 0.407 e. The summed E-state index contributed by atoms with van der Waals surface area (Å²) in [6, 6.07) is 19.5. The van der Waals surface area contributed by atoms with Gasteiger partial charge in [-0.15, -0.1) is 0 Å². The number of ether oxygens (including phenoxy) is 2. The molecule has 0 saturated heterocycles. The summed E-state index contributed by atoms with van der Waals surface area (Å²) in [4.78, 5) is 38.7. The van der Waals surface area contributed by atoms with Crippen molar-refractivity contribution in [2.75, 3.05) is 27.9 Å². The topological polar surface area (TPSA) is 269 Å². The Labute approximate surface area is 473 Å². The molecule has 0 bridgehead atoms. The molecular formula is C53H60ClF8N11O7S2. The minimum Gasteiger partial charge on any atom is -0.444 e. The number of pyridine rings is 2. The number of hydrogen-bond acceptors (Lipinski definition) is 17. The van der Waals surface area contributed by atoms with Gasteiger partial charge in [0.15, 0.2) is 15.6 Å². The van der Waals surface area contributed by atoms with Crippen LogP contribution in [0.15, 0.2) is 97.6 Å². The van der Waals surface area contributed by atoms with Gasteiger partial charge in [0, 0.05) is 83.3 Å². The van der Waals surface area contributed by atoms with Crippen molar-refractivity contribution < 1.29 is 66.2 Å². The van der Waals surface area contributed by atoms with Crippen LogP contribution in [0.5, 0.6) is 11.6 Å². The first-order valence-corrected chi connectivity index (χ1v) is 29.7. The first-order valence-electron chi connectivity index (χ1n) is 25.4. The van der Waals surface area contributed by atoms with Crippen molar-refractivity contribution in [1.82, 2.24) is 35.2 Å². The fourth-order valence-electron chi connectivity index (χ4n) is 8.55. The van der Waals surface area contributed by atoms with Crippen LogP contribution in [0, 0.1) is 11.6 Å². The van der Waals surface area contributed by atoms with E-state index in [1.165, 1.54) is 24.3 Å². The van der Waals surface area contributed by atoms with Gasteiger partial charge in [-0.05, 0) is 132 Å². The molecule has 18 nitrogen and oxygen atoms in total. The third kappa shape index (κ3) is 22.0. The summed E-state index contributed by atoms with van der Waals surface area (Å²) in [6.07, 6.45) is 3.83. The van der Waals surface area contributed by atoms with Gasteiger partial charge in [0.1, 0.15) is 28.7 Å². The molecule has 2 aromatic carbocycles. The zero-order valence-corrected chi connectivity index (χ0v) is 46.8. The van der Waals surface area contributed by atoms with Crippen molar-refractivity contribution in [3.05, 3.63) is 126 Å². The van der Waals surface area contributed by atoms with E-state index < -0.39 is 65.7 Å². The van der Waals surface area contributed by atoms with Crippen LogP contribution >= 0.6 is 10.7 Å². The minimum atomic E-state index is -4.88. The monoisotopic (exact) mass is 1210 g/mol. The molecule has 4 aromatic heterocycles. The fourth-order valence-corrected chi connectivity index (χ4v) is 10.6. The van der Waals surface area contributed by atoms with Crippen LogP contribution in [0.4, 0.5) is 57.5 Å². The molecule has 29 heteroatoms. The number of hydrogen-bond donors (Lipinski definition) is 5. The lowest BCUT2D eigenvalue weighted by Crippen LogP contribution is -2.42. The summed E-state index contributed by atoms with van der Waals surface area (Å²) < 4.78 is 153. The predicted molar refractivity (Wildman–Crippen MR) is 293 cm³/mol. The van der Waals surface area contributed by atoms with Crippen molar-refractivity contribution in [1.29, 1.82) is 0 Å². The number of aromatic nitrogens is 6. The molecule has 0 spiro atoms. The first kappa shape index (κ1) is 64.1. The van der Waals surface area contributed by atoms with Gasteiger partial charge in [-0.2, -0.15) is 26.3 Å². The predicted octanol–water partition coefficient (Wildman–Crippen LogP) is 10.8. The number of amides is 1. The average molecular weight is 1210 g/mol. The number of benzene rings is 2. The Morgan fingerprint density at radius 3 is 1.76 bits per heavy atom. The molecule has 2 aliphatic rings. The van der Waals surface area contributed by atoms with Crippen LogP contribution in [0.2, 0.25) is 0 Å². The van der Waals surface area contributed by atoms with Gasteiger partial charge >= 0.3 is 18.4 Å². The zero-order valence-electron chi connectivity index (χ0n) is 44.4. The number of alkyl halides is 6. The van der Waals surface area contributed by atoms with Gasteiger partial charge in [0.2, 0.25) is 26.8 Å². The Hall–Kier alpha value is -7.04. The number of carbonyl (C=O) groups is 1. The molecule has 444 valence electrons. The second-order valence-corrected chi connectivity index (χ2v) is 25.2. The second-order valence-electron chi connectivity index (χ2n) is 20.3. The molecule has 2 fully saturated rings. The lowest BCUT2D eigenvalue weighted by atomic mass is 9.91. The van der Waals surface area contributed by atoms with Crippen molar-refractivity contribution in [3.8, 4) is 34.1 Å². The lowest BCUT2D eigenvalue weighted by Gasteiger charge is -2.30. The highest BCUT2D eigenvalue weighted by Gasteiger charge is 2.36. The van der Waals surface area contributed by atoms with Gasteiger partial charge in [-0.25, -0.2) is 55.3 Å². The van der Waals surface area contributed by atoms with E-state index in [0.717, 1.165) is 63.0 Å². The Bertz CT molecular complexity index is 3350. The number of rotatable bonds is 15. The Morgan fingerprint density at radius 1 is 0.671 bits per heavy atom. The van der Waals surface area contributed by atoms with Crippen LogP contribution < -0.4 is 32.2 Å². The maximum atomic E-state index is 14.6. The summed E-state index contributed by atoms with van der Waals surface area (Å²) >= 11 is 0. The van der Waals surface area contributed by atoms with Crippen LogP contribution in [0.3, 0.4) is 0 Å². The number of nitrogens with two attached hydrogens (primary N) is 2. The lowest BCUT2D eigenvalue weighted by molar-refractivity contribution is -0.107. The van der Waals surface area contributed by atoms with Gasteiger partial charge in [0.25, 0.3) is 0 Å². The third-order valence-electron chi connectivity index (χ3n) is 12.2. The summed E-state index contributed by atoms with van der Waals surface area (Å²) in [5.41, 5.74) is 14.4. The molecular weight excluding hydrogens is 1150 g/mol. The van der Waals surface area contributed by atoms with E-state index in [2.05, 4.69) is 56.5 Å². The standard InChI is InChI=1S/C26H31FN6O3.C25H27F4N5O2S.C2H2ClF3O2S/c1-26(2,3)36-25(34)32-17-8-6-16(7-9-17)31-24-30-14-12-22(33-24)19-5-4-13-29-23(19)35-18-10-11-21(28)20(27)15-18;26-21-12-16(3-4-17(21)14-37(35,36)15-25(27,28)29)13-23-20(2-1-10-31-23)22-9-11-32-24(34-22)33-19-7-5-18(30)6-8-19;3-9(7,8)1-2(4,5)6/h4-5,10-17H,6-9,28H2,1-3H3,(H,32,34)(H,30,31,33);1-4,9-12,18-19H,5-8,13-15,30H2,(H,32,33,34);1H2. The molecule has 4 heterocycles. The van der Waals surface area contributed by atoms with Crippen LogP contribution in [-0.4, -0.2) is 106 Å². The van der Waals surface area contributed by atoms with E-state index in [1.807, 2.05) is 32.9 Å². The maximum absolute atomic E-state index is 14.6. The van der Waals surface area contributed by atoms with Crippen molar-refractivity contribution in [2.45, 2.75) is 126 Å². The van der Waals surface area contributed by atoms with Crippen LogP contribution in [0.1, 0.15) is 89.0 Å². The summed E-state index contributed by atoms with van der Waals surface area (Å²) in [5, 5.41) is 9.71. The Morgan fingerprint density at radius 2 is 1.22 bits per heavy atom. The first-order chi connectivity index (χ1) is 38.3. The molecule has 6 aromatic rings. The number of nitrogen functional groups attached to an aromatic ring is 1. The fraction of sp³-hybridized carbons (Fsp3) is 0.415. The minimum absolute atomic E-state index is 0.0461. The Kier molecular flexibility index (Phi) is 21.8. The summed E-state index contributed by atoms with van der Waals surface area (Å²) in [5.74, 6) is -4.89. The van der Waals surface area contributed by atoms with Crippen molar-refractivity contribution >= 4 is 53.2 Å². The van der Waals surface area contributed by atoms with Gasteiger partial charge in [-0.3, -0.25) is 4.98 Å². The van der Waals surface area contributed by atoms with E-state index in [-0.39, 0.29) is 53.7 Å². The van der Waals surface area contributed by atoms with E-state index in [0.29, 0.717) is 46.0 Å². The van der Waals surface area contributed by atoms with E-state index >= 15 is 0 Å². The number of nitrogens with one attached hydrogen (secondary N) is 3. The Balaban J connectivity index is 0.000000229. The third-order valence-corrected chi connectivity index (χ3v) is 14.7. The van der Waals surface area contributed by atoms with Crippen molar-refractivity contribution in [2.24, 2.45) is 5.73 Å². The van der Waals surface area contributed by atoms with Gasteiger partial charge in [-0.1, -0.05) is 12.1 Å². The largest absolute Gasteiger partial charge is 0.444 e. The number of nitrogens with zero attached hydrogens (tertiary/aromatic N) is 6. The molecule has 0 unspecified atom stereocenters. The molecule has 2 saturated carbocycles. The van der Waals surface area contributed by atoms with E-state index in [4.69, 9.17) is 20.9 Å². The van der Waals surface area contributed by atoms with Crippen LogP contribution in [0.25, 0.3) is 22.5 Å². The van der Waals surface area contributed by atoms with Crippen LogP contribution in [-0.2, 0) is 35.8 Å². The number of alkyl carbamates (subject to hydrolysis) is 1. The highest BCUT2D eigenvalue weighted by atomic mass is 35.7. The molecule has 82 heavy (non-hydrogen) atoms. The number of anilines is 3. The molecule has 8 rings (SSSR count).